The van der Waals surface area contributed by atoms with E-state index in [1.54, 1.807) is 25.2 Å². The minimum atomic E-state index is -0.223. The van der Waals surface area contributed by atoms with Gasteiger partial charge in [-0.15, -0.1) is 0 Å². The minimum absolute atomic E-state index is 0.0311. The number of hydrogen-bond acceptors (Lipinski definition) is 4. The lowest BCUT2D eigenvalue weighted by molar-refractivity contribution is -0.117. The normalized spacial score (nSPS) is 17.3. The van der Waals surface area contributed by atoms with Gasteiger partial charge in [-0.05, 0) is 24.6 Å². The quantitative estimate of drug-likeness (QED) is 0.769. The van der Waals surface area contributed by atoms with Crippen LogP contribution in [0.1, 0.15) is 12.0 Å². The van der Waals surface area contributed by atoms with E-state index < -0.39 is 0 Å². The monoisotopic (exact) mass is 335 g/mol. The van der Waals surface area contributed by atoms with Crippen LogP contribution in [0.4, 0.5) is 10.5 Å². The molecule has 0 spiro atoms. The zero-order valence-electron chi connectivity index (χ0n) is 12.7. The van der Waals surface area contributed by atoms with Gasteiger partial charge < -0.3 is 16.0 Å². The number of rotatable bonds is 4. The topological polar surface area (TPSA) is 97.3 Å². The Bertz CT molecular complexity index is 643. The molecular formula is C15H18ClN5O2. The van der Waals surface area contributed by atoms with Gasteiger partial charge in [0.2, 0.25) is 5.91 Å². The van der Waals surface area contributed by atoms with Crippen LogP contribution >= 0.6 is 11.6 Å². The van der Waals surface area contributed by atoms with E-state index in [4.69, 9.17) is 16.9 Å². The molecule has 1 aliphatic rings. The summed E-state index contributed by atoms with van der Waals surface area (Å²) < 4.78 is 0. The van der Waals surface area contributed by atoms with Crippen molar-refractivity contribution in [3.8, 4) is 6.07 Å². The van der Waals surface area contributed by atoms with Crippen molar-refractivity contribution in [3.63, 3.8) is 0 Å². The number of likely N-dealkylation sites (tertiary alicyclic amines) is 1. The van der Waals surface area contributed by atoms with Crippen LogP contribution in [0.3, 0.4) is 0 Å². The molecule has 122 valence electrons. The second-order valence-corrected chi connectivity index (χ2v) is 5.73. The molecule has 3 N–H and O–H groups in total. The zero-order chi connectivity index (χ0) is 16.8. The van der Waals surface area contributed by atoms with E-state index >= 15 is 0 Å². The molecule has 23 heavy (non-hydrogen) atoms. The number of nitrogens with one attached hydrogen (secondary N) is 3. The van der Waals surface area contributed by atoms with Gasteiger partial charge in [0.05, 0.1) is 17.8 Å². The number of hydrogen-bond donors (Lipinski definition) is 3. The Morgan fingerprint density at radius 2 is 2.26 bits per heavy atom. The maximum absolute atomic E-state index is 12.1. The highest BCUT2D eigenvalue weighted by molar-refractivity contribution is 6.31. The van der Waals surface area contributed by atoms with E-state index in [-0.39, 0.29) is 24.5 Å². The molecule has 1 heterocycles. The van der Waals surface area contributed by atoms with Gasteiger partial charge in [-0.2, -0.15) is 5.26 Å². The van der Waals surface area contributed by atoms with Crippen molar-refractivity contribution in [2.24, 2.45) is 0 Å². The fourth-order valence-electron chi connectivity index (χ4n) is 2.46. The average molecular weight is 336 g/mol. The number of nitrogens with zero attached hydrogens (tertiary/aromatic N) is 2. The number of anilines is 1. The van der Waals surface area contributed by atoms with Gasteiger partial charge in [0.1, 0.15) is 6.07 Å². The first-order valence-electron chi connectivity index (χ1n) is 7.22. The summed E-state index contributed by atoms with van der Waals surface area (Å²) in [5.41, 5.74) is 0.771. The molecule has 0 unspecified atom stereocenters. The third kappa shape index (κ3) is 4.84. The predicted molar refractivity (Wildman–Crippen MR) is 87.2 cm³/mol. The smallest absolute Gasteiger partial charge is 0.314 e. The van der Waals surface area contributed by atoms with Crippen LogP contribution < -0.4 is 16.0 Å². The van der Waals surface area contributed by atoms with Crippen molar-refractivity contribution < 1.29 is 9.59 Å². The first-order valence-corrected chi connectivity index (χ1v) is 7.59. The molecule has 3 amide bonds. The predicted octanol–water partition coefficient (Wildman–Crippen LogP) is 1.15. The highest BCUT2D eigenvalue weighted by atomic mass is 35.5. The summed E-state index contributed by atoms with van der Waals surface area (Å²) in [5, 5.41) is 17.5. The Morgan fingerprint density at radius 1 is 1.48 bits per heavy atom. The summed E-state index contributed by atoms with van der Waals surface area (Å²) >= 11 is 5.89. The van der Waals surface area contributed by atoms with Crippen molar-refractivity contribution in [2.45, 2.75) is 12.5 Å². The molecule has 1 fully saturated rings. The molecule has 0 aliphatic carbocycles. The van der Waals surface area contributed by atoms with Crippen molar-refractivity contribution in [3.05, 3.63) is 28.8 Å². The SMILES string of the molecule is CNC(=O)N[C@@H]1CCN(CC(=O)Nc2cc(Cl)ccc2C#N)C1. The fourth-order valence-corrected chi connectivity index (χ4v) is 2.63. The van der Waals surface area contributed by atoms with Crippen molar-refractivity contribution >= 4 is 29.2 Å². The number of carbonyl (C=O) groups excluding carboxylic acids is 2. The maximum atomic E-state index is 12.1. The summed E-state index contributed by atoms with van der Waals surface area (Å²) in [4.78, 5) is 25.4. The zero-order valence-corrected chi connectivity index (χ0v) is 13.5. The first kappa shape index (κ1) is 17.1. The lowest BCUT2D eigenvalue weighted by Crippen LogP contribution is -2.42. The maximum Gasteiger partial charge on any atom is 0.314 e. The summed E-state index contributed by atoms with van der Waals surface area (Å²) in [6.45, 7) is 1.54. The van der Waals surface area contributed by atoms with Crippen molar-refractivity contribution in [1.29, 1.82) is 5.26 Å². The Kier molecular flexibility index (Phi) is 5.79. The second-order valence-electron chi connectivity index (χ2n) is 5.29. The number of amides is 3. The van der Waals surface area contributed by atoms with Crippen molar-refractivity contribution in [1.82, 2.24) is 15.5 Å². The number of halogens is 1. The molecule has 1 saturated heterocycles. The Hall–Kier alpha value is -2.30. The largest absolute Gasteiger partial charge is 0.341 e. The number of urea groups is 1. The standard InChI is InChI=1S/C15H18ClN5O2/c1-18-15(23)19-12-4-5-21(8-12)9-14(22)20-13-6-11(16)3-2-10(13)7-17/h2-3,6,12H,4-5,8-9H2,1H3,(H,20,22)(H2,18,19,23)/t12-/m1/s1. The lowest BCUT2D eigenvalue weighted by Gasteiger charge is -2.16. The van der Waals surface area contributed by atoms with Crippen LogP contribution in [0.15, 0.2) is 18.2 Å². The van der Waals surface area contributed by atoms with Crippen LogP contribution in [0.2, 0.25) is 5.02 Å². The van der Waals surface area contributed by atoms with Crippen molar-refractivity contribution in [2.75, 3.05) is 32.0 Å². The van der Waals surface area contributed by atoms with Crippen LogP contribution in [0, 0.1) is 11.3 Å². The van der Waals surface area contributed by atoms with Gasteiger partial charge in [-0.1, -0.05) is 11.6 Å². The Morgan fingerprint density at radius 3 is 2.96 bits per heavy atom. The highest BCUT2D eigenvalue weighted by Crippen LogP contribution is 2.20. The Labute approximate surface area is 139 Å². The third-order valence-corrected chi connectivity index (χ3v) is 3.81. The fraction of sp³-hybridized carbons (Fsp3) is 0.400. The summed E-state index contributed by atoms with van der Waals surface area (Å²) in [6.07, 6.45) is 0.793. The van der Waals surface area contributed by atoms with Gasteiger partial charge in [0, 0.05) is 31.2 Å². The summed E-state index contributed by atoms with van der Waals surface area (Å²) in [7, 11) is 1.56. The van der Waals surface area contributed by atoms with Gasteiger partial charge in [-0.25, -0.2) is 4.79 Å². The molecule has 0 radical (unpaired) electrons. The number of benzene rings is 1. The second kappa shape index (κ2) is 7.81. The molecule has 7 nitrogen and oxygen atoms in total. The molecule has 2 rings (SSSR count). The first-order chi connectivity index (χ1) is 11.0. The average Bonchev–Trinajstić information content (AvgIpc) is 2.94. The molecule has 0 aromatic heterocycles. The van der Waals surface area contributed by atoms with Crippen LogP contribution in [0.25, 0.3) is 0 Å². The number of carbonyl (C=O) groups is 2. The number of nitriles is 1. The third-order valence-electron chi connectivity index (χ3n) is 3.58. The highest BCUT2D eigenvalue weighted by Gasteiger charge is 2.25. The molecule has 0 bridgehead atoms. The van der Waals surface area contributed by atoms with Gasteiger partial charge >= 0.3 is 6.03 Å². The van der Waals surface area contributed by atoms with Gasteiger partial charge in [0.15, 0.2) is 0 Å². The van der Waals surface area contributed by atoms with E-state index in [0.717, 1.165) is 13.0 Å². The van der Waals surface area contributed by atoms with E-state index in [0.29, 0.717) is 22.8 Å². The van der Waals surface area contributed by atoms with E-state index in [9.17, 15) is 9.59 Å². The van der Waals surface area contributed by atoms with Gasteiger partial charge in [-0.3, -0.25) is 9.69 Å². The Balaban J connectivity index is 1.88. The molecule has 1 aromatic carbocycles. The molecule has 8 heteroatoms. The molecular weight excluding hydrogens is 318 g/mol. The van der Waals surface area contributed by atoms with E-state index in [1.165, 1.54) is 0 Å². The van der Waals surface area contributed by atoms with Crippen LogP contribution in [-0.4, -0.2) is 49.6 Å². The summed E-state index contributed by atoms with van der Waals surface area (Å²) in [5.74, 6) is -0.218. The molecule has 0 saturated carbocycles. The van der Waals surface area contributed by atoms with E-state index in [2.05, 4.69) is 16.0 Å². The molecule has 1 atom stereocenters. The molecule has 1 aliphatic heterocycles. The van der Waals surface area contributed by atoms with E-state index in [1.807, 2.05) is 11.0 Å². The summed E-state index contributed by atoms with van der Waals surface area (Å²) in [6, 6.07) is 6.55. The van der Waals surface area contributed by atoms with Crippen LogP contribution in [-0.2, 0) is 4.79 Å². The van der Waals surface area contributed by atoms with Crippen LogP contribution in [0.5, 0.6) is 0 Å². The lowest BCUT2D eigenvalue weighted by atomic mass is 10.2. The molecule has 1 aromatic rings. The minimum Gasteiger partial charge on any atom is -0.341 e. The van der Waals surface area contributed by atoms with Gasteiger partial charge in [0.25, 0.3) is 0 Å².